The Balaban J connectivity index is 1.85. The van der Waals surface area contributed by atoms with Crippen molar-refractivity contribution in [3.05, 3.63) is 63.6 Å². The Labute approximate surface area is 131 Å². The second-order valence-corrected chi connectivity index (χ2v) is 6.07. The van der Waals surface area contributed by atoms with Gasteiger partial charge in [-0.15, -0.1) is 0 Å². The summed E-state index contributed by atoms with van der Waals surface area (Å²) < 4.78 is 0.822. The zero-order valence-corrected chi connectivity index (χ0v) is 12.8. The van der Waals surface area contributed by atoms with E-state index in [1.54, 1.807) is 18.2 Å². The van der Waals surface area contributed by atoms with E-state index in [9.17, 15) is 9.90 Å². The summed E-state index contributed by atoms with van der Waals surface area (Å²) >= 11 is 3.31. The van der Waals surface area contributed by atoms with Gasteiger partial charge in [0, 0.05) is 16.6 Å². The number of hydrogen-bond acceptors (Lipinski definition) is 3. The van der Waals surface area contributed by atoms with Gasteiger partial charge in [-0.3, -0.25) is 4.79 Å². The zero-order chi connectivity index (χ0) is 15.0. The van der Waals surface area contributed by atoms with E-state index >= 15 is 0 Å². The highest BCUT2D eigenvalue weighted by atomic mass is 79.9. The molecule has 0 aliphatic heterocycles. The maximum absolute atomic E-state index is 12.4. The smallest absolute Gasteiger partial charge is 0.253 e. The van der Waals surface area contributed by atoms with Gasteiger partial charge in [0.2, 0.25) is 0 Å². The number of anilines is 1. The molecule has 5 heteroatoms. The van der Waals surface area contributed by atoms with Crippen molar-refractivity contribution in [3.8, 4) is 0 Å². The van der Waals surface area contributed by atoms with Gasteiger partial charge in [0.1, 0.15) is 0 Å². The van der Waals surface area contributed by atoms with Gasteiger partial charge < -0.3 is 16.2 Å². The van der Waals surface area contributed by atoms with Crippen LogP contribution in [0.15, 0.2) is 46.9 Å². The second-order valence-electron chi connectivity index (χ2n) is 5.15. The van der Waals surface area contributed by atoms with Crippen LogP contribution in [0.25, 0.3) is 0 Å². The lowest BCUT2D eigenvalue weighted by Gasteiger charge is -2.18. The van der Waals surface area contributed by atoms with Crippen LogP contribution >= 0.6 is 15.9 Å². The van der Waals surface area contributed by atoms with Gasteiger partial charge in [0.05, 0.1) is 17.7 Å². The topological polar surface area (TPSA) is 75.4 Å². The molecule has 0 saturated heterocycles. The van der Waals surface area contributed by atoms with Gasteiger partial charge in [0.25, 0.3) is 5.91 Å². The van der Waals surface area contributed by atoms with Crippen LogP contribution in [0.4, 0.5) is 5.69 Å². The molecule has 2 atom stereocenters. The van der Waals surface area contributed by atoms with E-state index in [1.807, 2.05) is 24.3 Å². The third kappa shape index (κ3) is 2.66. The number of benzene rings is 2. The molecule has 0 radical (unpaired) electrons. The molecule has 0 fully saturated rings. The molecule has 0 bridgehead atoms. The van der Waals surface area contributed by atoms with Gasteiger partial charge in [-0.2, -0.15) is 0 Å². The van der Waals surface area contributed by atoms with Crippen molar-refractivity contribution in [1.82, 2.24) is 5.32 Å². The first-order valence-electron chi connectivity index (χ1n) is 6.68. The molecule has 1 aliphatic carbocycles. The average Bonchev–Trinajstić information content (AvgIpc) is 2.75. The minimum atomic E-state index is -0.608. The monoisotopic (exact) mass is 346 g/mol. The largest absolute Gasteiger partial charge is 0.398 e. The maximum atomic E-state index is 12.4. The first-order valence-corrected chi connectivity index (χ1v) is 7.47. The van der Waals surface area contributed by atoms with Crippen LogP contribution in [0, 0.1) is 0 Å². The van der Waals surface area contributed by atoms with Crippen molar-refractivity contribution < 1.29 is 9.90 Å². The van der Waals surface area contributed by atoms with Crippen LogP contribution in [-0.2, 0) is 6.42 Å². The Kier molecular flexibility index (Phi) is 3.69. The zero-order valence-electron chi connectivity index (χ0n) is 11.2. The molecule has 2 aromatic carbocycles. The number of nitrogen functional groups attached to an aromatic ring is 1. The summed E-state index contributed by atoms with van der Waals surface area (Å²) in [4.78, 5) is 12.4. The Morgan fingerprint density at radius 3 is 2.81 bits per heavy atom. The molecular formula is C16H15BrN2O2. The summed E-state index contributed by atoms with van der Waals surface area (Å²) in [6, 6.07) is 12.5. The molecule has 0 unspecified atom stereocenters. The molecule has 0 aromatic heterocycles. The summed E-state index contributed by atoms with van der Waals surface area (Å²) in [5.41, 5.74) is 8.72. The van der Waals surface area contributed by atoms with Crippen molar-refractivity contribution >= 4 is 27.5 Å². The number of aliphatic hydroxyl groups excluding tert-OH is 1. The van der Waals surface area contributed by atoms with Gasteiger partial charge >= 0.3 is 0 Å². The van der Waals surface area contributed by atoms with Crippen LogP contribution in [0.2, 0.25) is 0 Å². The molecule has 108 valence electrons. The van der Waals surface area contributed by atoms with Gasteiger partial charge in [-0.05, 0) is 29.3 Å². The van der Waals surface area contributed by atoms with Crippen molar-refractivity contribution in [1.29, 1.82) is 0 Å². The lowest BCUT2D eigenvalue weighted by molar-refractivity contribution is 0.0859. The van der Waals surface area contributed by atoms with E-state index in [0.717, 1.165) is 15.6 Å². The molecule has 21 heavy (non-hydrogen) atoms. The number of halogens is 1. The van der Waals surface area contributed by atoms with Crippen LogP contribution < -0.4 is 11.1 Å². The second kappa shape index (κ2) is 5.50. The summed E-state index contributed by atoms with van der Waals surface area (Å²) in [5.74, 6) is -0.277. The third-order valence-electron chi connectivity index (χ3n) is 3.75. The Morgan fingerprint density at radius 2 is 2.05 bits per heavy atom. The lowest BCUT2D eigenvalue weighted by Crippen LogP contribution is -2.34. The predicted octanol–water partition coefficient (Wildman–Crippen LogP) is 2.42. The third-order valence-corrected chi connectivity index (χ3v) is 4.24. The standard InChI is InChI=1S/C16H15BrN2O2/c17-10-5-6-12(13(18)8-10)16(21)19-15-11-4-2-1-3-9(11)7-14(15)20/h1-6,8,14-15,20H,7,18H2,(H,19,21)/t14-,15+/m0/s1. The van der Waals surface area contributed by atoms with E-state index in [-0.39, 0.29) is 5.91 Å². The fourth-order valence-corrected chi connectivity index (χ4v) is 3.09. The molecule has 1 amide bonds. The lowest BCUT2D eigenvalue weighted by atomic mass is 10.1. The van der Waals surface area contributed by atoms with Crippen molar-refractivity contribution in [2.45, 2.75) is 18.6 Å². The number of carbonyl (C=O) groups is 1. The van der Waals surface area contributed by atoms with E-state index in [1.165, 1.54) is 0 Å². The minimum absolute atomic E-state index is 0.277. The molecule has 0 saturated carbocycles. The van der Waals surface area contributed by atoms with E-state index in [0.29, 0.717) is 17.7 Å². The molecule has 3 rings (SSSR count). The van der Waals surface area contributed by atoms with Gasteiger partial charge in [0.15, 0.2) is 0 Å². The molecule has 2 aromatic rings. The number of rotatable bonds is 2. The molecule has 4 nitrogen and oxygen atoms in total. The highest BCUT2D eigenvalue weighted by molar-refractivity contribution is 9.10. The highest BCUT2D eigenvalue weighted by Gasteiger charge is 2.32. The van der Waals surface area contributed by atoms with Crippen LogP contribution in [0.1, 0.15) is 27.5 Å². The van der Waals surface area contributed by atoms with Crippen LogP contribution in [0.5, 0.6) is 0 Å². The Hall–Kier alpha value is -1.85. The molecule has 0 heterocycles. The molecule has 4 N–H and O–H groups in total. The van der Waals surface area contributed by atoms with Crippen molar-refractivity contribution in [2.24, 2.45) is 0 Å². The number of carbonyl (C=O) groups excluding carboxylic acids is 1. The maximum Gasteiger partial charge on any atom is 0.253 e. The SMILES string of the molecule is Nc1cc(Br)ccc1C(=O)N[C@@H]1c2ccccc2C[C@@H]1O. The van der Waals surface area contributed by atoms with Crippen molar-refractivity contribution in [3.63, 3.8) is 0 Å². The van der Waals surface area contributed by atoms with Crippen LogP contribution in [-0.4, -0.2) is 17.1 Å². The highest BCUT2D eigenvalue weighted by Crippen LogP contribution is 2.31. The van der Waals surface area contributed by atoms with Gasteiger partial charge in [-0.1, -0.05) is 40.2 Å². The number of aliphatic hydroxyl groups is 1. The van der Waals surface area contributed by atoms with Crippen molar-refractivity contribution in [2.75, 3.05) is 5.73 Å². The fourth-order valence-electron chi connectivity index (χ4n) is 2.71. The first kappa shape index (κ1) is 14.1. The Morgan fingerprint density at radius 1 is 1.29 bits per heavy atom. The normalized spacial score (nSPS) is 20.1. The van der Waals surface area contributed by atoms with Crippen LogP contribution in [0.3, 0.4) is 0 Å². The van der Waals surface area contributed by atoms with E-state index in [4.69, 9.17) is 5.73 Å². The minimum Gasteiger partial charge on any atom is -0.398 e. The number of nitrogens with one attached hydrogen (secondary N) is 1. The first-order chi connectivity index (χ1) is 10.1. The summed E-state index contributed by atoms with van der Waals surface area (Å²) in [7, 11) is 0. The summed E-state index contributed by atoms with van der Waals surface area (Å²) in [6.07, 6.45) is -0.0558. The molecule has 1 aliphatic rings. The number of fused-ring (bicyclic) bond motifs is 1. The van der Waals surface area contributed by atoms with E-state index in [2.05, 4.69) is 21.2 Å². The molecular weight excluding hydrogens is 332 g/mol. The summed E-state index contributed by atoms with van der Waals surface area (Å²) in [6.45, 7) is 0. The number of hydrogen-bond donors (Lipinski definition) is 3. The fraction of sp³-hybridized carbons (Fsp3) is 0.188. The Bertz CT molecular complexity index is 702. The number of nitrogens with two attached hydrogens (primary N) is 1. The predicted molar refractivity (Wildman–Crippen MR) is 84.9 cm³/mol. The van der Waals surface area contributed by atoms with Gasteiger partial charge in [-0.25, -0.2) is 0 Å². The number of amides is 1. The molecule has 0 spiro atoms. The van der Waals surface area contributed by atoms with E-state index < -0.39 is 12.1 Å². The quantitative estimate of drug-likeness (QED) is 0.731. The summed E-state index contributed by atoms with van der Waals surface area (Å²) in [5, 5.41) is 13.0. The average molecular weight is 347 g/mol.